The maximum absolute atomic E-state index is 14.7. The maximum Gasteiger partial charge on any atom is 0.419 e. The largest absolute Gasteiger partial charge is 0.503 e. The monoisotopic (exact) mass is 506 g/mol. The molecule has 1 atom stereocenters. The minimum absolute atomic E-state index is 0.138. The molecule has 5 rings (SSSR count). The number of pyridine rings is 1. The number of fused-ring (bicyclic) bond motifs is 1. The van der Waals surface area contributed by atoms with Crippen molar-refractivity contribution in [3.05, 3.63) is 59.6 Å². The van der Waals surface area contributed by atoms with Crippen LogP contribution in [0, 0.1) is 11.6 Å². The predicted octanol–water partition coefficient (Wildman–Crippen LogP) is 3.88. The van der Waals surface area contributed by atoms with Crippen molar-refractivity contribution in [3.63, 3.8) is 0 Å². The number of morpholine rings is 1. The van der Waals surface area contributed by atoms with Gasteiger partial charge < -0.3 is 14.7 Å². The number of benzene rings is 1. The first-order chi connectivity index (χ1) is 17.1. The Morgan fingerprint density at radius 1 is 1.19 bits per heavy atom. The summed E-state index contributed by atoms with van der Waals surface area (Å²) < 4.78 is 75.5. The number of hydrogen-bond donors (Lipinski definition) is 1. The number of hydrogen-bond acceptors (Lipinski definition) is 7. The van der Waals surface area contributed by atoms with Crippen LogP contribution in [0.3, 0.4) is 0 Å². The van der Waals surface area contributed by atoms with Gasteiger partial charge in [-0.25, -0.2) is 18.4 Å². The number of anilines is 1. The van der Waals surface area contributed by atoms with Crippen molar-refractivity contribution in [1.29, 1.82) is 0 Å². The van der Waals surface area contributed by atoms with Gasteiger partial charge in [0.1, 0.15) is 5.69 Å². The summed E-state index contributed by atoms with van der Waals surface area (Å²) in [7, 11) is 1.49. The van der Waals surface area contributed by atoms with E-state index in [4.69, 9.17) is 4.74 Å². The lowest BCUT2D eigenvalue weighted by molar-refractivity contribution is -0.140. The van der Waals surface area contributed by atoms with Crippen LogP contribution in [0.4, 0.5) is 27.9 Å². The van der Waals surface area contributed by atoms with E-state index in [1.165, 1.54) is 17.9 Å². The minimum atomic E-state index is -5.15. The summed E-state index contributed by atoms with van der Waals surface area (Å²) in [6.45, 7) is 1.43. The first-order valence-corrected chi connectivity index (χ1v) is 10.9. The Labute approximate surface area is 201 Å². The maximum atomic E-state index is 14.7. The fourth-order valence-corrected chi connectivity index (χ4v) is 4.19. The fraction of sp³-hybridized carbons (Fsp3) is 0.304. The highest BCUT2D eigenvalue weighted by atomic mass is 19.4. The number of aromatic nitrogens is 5. The van der Waals surface area contributed by atoms with Crippen molar-refractivity contribution < 1.29 is 31.8 Å². The smallest absolute Gasteiger partial charge is 0.419 e. The third-order valence-electron chi connectivity index (χ3n) is 5.91. The molecule has 4 heterocycles. The van der Waals surface area contributed by atoms with Crippen LogP contribution in [0.25, 0.3) is 22.3 Å². The molecule has 1 N–H and O–H groups in total. The van der Waals surface area contributed by atoms with E-state index in [1.807, 2.05) is 17.0 Å². The number of rotatable bonds is 4. The van der Waals surface area contributed by atoms with Crippen LogP contribution in [0.2, 0.25) is 0 Å². The van der Waals surface area contributed by atoms with Crippen molar-refractivity contribution in [3.8, 4) is 17.0 Å². The van der Waals surface area contributed by atoms with Gasteiger partial charge in [0.15, 0.2) is 23.0 Å². The van der Waals surface area contributed by atoms with Crippen molar-refractivity contribution in [1.82, 2.24) is 24.7 Å². The molecule has 0 bridgehead atoms. The molecular weight excluding hydrogens is 487 g/mol. The second-order valence-electron chi connectivity index (χ2n) is 8.33. The van der Waals surface area contributed by atoms with Crippen LogP contribution in [0.5, 0.6) is 5.75 Å². The van der Waals surface area contributed by atoms with Crippen LogP contribution in [-0.4, -0.2) is 55.6 Å². The van der Waals surface area contributed by atoms with Gasteiger partial charge in [-0.3, -0.25) is 4.98 Å². The van der Waals surface area contributed by atoms with Crippen molar-refractivity contribution in [2.75, 3.05) is 24.6 Å². The average Bonchev–Trinajstić information content (AvgIpc) is 3.18. The van der Waals surface area contributed by atoms with Gasteiger partial charge in [-0.15, -0.1) is 0 Å². The first kappa shape index (κ1) is 23.9. The molecule has 188 valence electrons. The number of aromatic hydroxyl groups is 1. The van der Waals surface area contributed by atoms with E-state index in [1.54, 1.807) is 12.4 Å². The van der Waals surface area contributed by atoms with Gasteiger partial charge in [0.2, 0.25) is 5.95 Å². The zero-order valence-electron chi connectivity index (χ0n) is 18.8. The molecule has 8 nitrogen and oxygen atoms in total. The highest BCUT2D eigenvalue weighted by Crippen LogP contribution is 2.41. The van der Waals surface area contributed by atoms with E-state index < -0.39 is 34.7 Å². The minimum Gasteiger partial charge on any atom is -0.503 e. The number of aryl methyl sites for hydroxylation is 1. The van der Waals surface area contributed by atoms with Crippen LogP contribution in [0.1, 0.15) is 11.1 Å². The van der Waals surface area contributed by atoms with Gasteiger partial charge in [-0.05, 0) is 17.7 Å². The topological polar surface area (TPSA) is 89.2 Å². The first-order valence-electron chi connectivity index (χ1n) is 10.9. The standard InChI is InChI=1S/C23H19F5N6O2/c1-33-21-15(19(32-33)14-8-16(23(26,27)28)18(25)20(35)17(14)24)10-30-22(31-21)34-5-6-36-13(11-34)7-12-3-2-4-29-9-12/h2-4,8-10,13,35H,5-7,11H2,1H3/t13-/m0/s1. The summed E-state index contributed by atoms with van der Waals surface area (Å²) in [5.74, 6) is -5.04. The van der Waals surface area contributed by atoms with E-state index >= 15 is 0 Å². The predicted molar refractivity (Wildman–Crippen MR) is 118 cm³/mol. The zero-order valence-corrected chi connectivity index (χ0v) is 18.8. The van der Waals surface area contributed by atoms with E-state index in [0.29, 0.717) is 32.1 Å². The molecule has 0 saturated carbocycles. The number of phenolic OH excluding ortho intramolecular Hbond substituents is 1. The molecule has 0 radical (unpaired) electrons. The Hall–Kier alpha value is -3.87. The van der Waals surface area contributed by atoms with Crippen LogP contribution < -0.4 is 4.90 Å². The van der Waals surface area contributed by atoms with Gasteiger partial charge in [0, 0.05) is 50.7 Å². The number of halogens is 5. The Morgan fingerprint density at radius 2 is 2.00 bits per heavy atom. The molecule has 36 heavy (non-hydrogen) atoms. The number of ether oxygens (including phenoxy) is 1. The summed E-state index contributed by atoms with van der Waals surface area (Å²) in [4.78, 5) is 14.8. The third-order valence-corrected chi connectivity index (χ3v) is 5.91. The van der Waals surface area contributed by atoms with E-state index in [0.717, 1.165) is 5.56 Å². The van der Waals surface area contributed by atoms with E-state index in [2.05, 4.69) is 20.1 Å². The normalized spacial score (nSPS) is 16.6. The molecule has 1 saturated heterocycles. The van der Waals surface area contributed by atoms with Gasteiger partial charge in [-0.1, -0.05) is 6.07 Å². The molecule has 13 heteroatoms. The highest BCUT2D eigenvalue weighted by molar-refractivity contribution is 5.91. The summed E-state index contributed by atoms with van der Waals surface area (Å²) in [6.07, 6.45) is 0.114. The Bertz CT molecular complexity index is 1430. The highest BCUT2D eigenvalue weighted by Gasteiger charge is 2.38. The molecule has 4 aromatic rings. The van der Waals surface area contributed by atoms with Gasteiger partial charge >= 0.3 is 6.18 Å². The van der Waals surface area contributed by atoms with Gasteiger partial charge in [0.05, 0.1) is 23.7 Å². The fourth-order valence-electron chi connectivity index (χ4n) is 4.19. The van der Waals surface area contributed by atoms with Crippen molar-refractivity contribution in [2.45, 2.75) is 18.7 Å². The Balaban J connectivity index is 1.49. The van der Waals surface area contributed by atoms with Gasteiger partial charge in [0.25, 0.3) is 0 Å². The van der Waals surface area contributed by atoms with E-state index in [9.17, 15) is 27.1 Å². The summed E-state index contributed by atoms with van der Waals surface area (Å²) >= 11 is 0. The quantitative estimate of drug-likeness (QED) is 0.421. The number of phenols is 1. The van der Waals surface area contributed by atoms with Crippen LogP contribution in [0.15, 0.2) is 36.8 Å². The Morgan fingerprint density at radius 3 is 2.72 bits per heavy atom. The zero-order chi connectivity index (χ0) is 25.6. The molecule has 1 aliphatic heterocycles. The second kappa shape index (κ2) is 8.97. The van der Waals surface area contributed by atoms with Crippen molar-refractivity contribution >= 4 is 17.0 Å². The molecule has 3 aromatic heterocycles. The summed E-state index contributed by atoms with van der Waals surface area (Å²) in [6, 6.07) is 4.07. The Kier molecular flexibility index (Phi) is 5.94. The van der Waals surface area contributed by atoms with Crippen LogP contribution >= 0.6 is 0 Å². The third kappa shape index (κ3) is 4.30. The molecular formula is C23H19F5N6O2. The SMILES string of the molecule is Cn1nc(-c2cc(C(F)(F)F)c(F)c(O)c2F)c2cnc(N3CCO[C@@H](Cc4cccnc4)C3)nc21. The second-order valence-corrected chi connectivity index (χ2v) is 8.33. The lowest BCUT2D eigenvalue weighted by Crippen LogP contribution is -2.44. The lowest BCUT2D eigenvalue weighted by atomic mass is 10.0. The molecule has 0 aliphatic carbocycles. The summed E-state index contributed by atoms with van der Waals surface area (Å²) in [5.41, 5.74) is -1.54. The number of alkyl halides is 3. The number of nitrogens with zero attached hydrogens (tertiary/aromatic N) is 6. The van der Waals surface area contributed by atoms with E-state index in [-0.39, 0.29) is 28.9 Å². The molecule has 0 unspecified atom stereocenters. The lowest BCUT2D eigenvalue weighted by Gasteiger charge is -2.33. The molecule has 0 spiro atoms. The van der Waals surface area contributed by atoms with Crippen molar-refractivity contribution in [2.24, 2.45) is 7.05 Å². The van der Waals surface area contributed by atoms with Gasteiger partial charge in [-0.2, -0.15) is 23.3 Å². The van der Waals surface area contributed by atoms with Crippen LogP contribution in [-0.2, 0) is 24.4 Å². The molecule has 1 fully saturated rings. The molecule has 1 aromatic carbocycles. The summed E-state index contributed by atoms with van der Waals surface area (Å²) in [5, 5.41) is 13.9. The molecule has 0 amide bonds. The average molecular weight is 506 g/mol. The molecule has 1 aliphatic rings.